The number of hydrogen-bond acceptors (Lipinski definition) is 1. The Morgan fingerprint density at radius 3 is 2.36 bits per heavy atom. The molecule has 0 saturated heterocycles. The van der Waals surface area contributed by atoms with E-state index in [0.717, 1.165) is 11.6 Å². The third-order valence-corrected chi connectivity index (χ3v) is 3.28. The molecule has 1 saturated carbocycles. The molecule has 1 heteroatoms. The van der Waals surface area contributed by atoms with Gasteiger partial charge in [0, 0.05) is 5.71 Å². The van der Waals surface area contributed by atoms with Gasteiger partial charge in [0.2, 0.25) is 0 Å². The van der Waals surface area contributed by atoms with Crippen LogP contribution in [0, 0.1) is 5.92 Å². The minimum Gasteiger partial charge on any atom is -0.287 e. The quantitative estimate of drug-likeness (QED) is 0.474. The number of allylic oxidation sites excluding steroid dienone is 1. The fourth-order valence-electron chi connectivity index (χ4n) is 2.27. The van der Waals surface area contributed by atoms with Gasteiger partial charge in [-0.2, -0.15) is 0 Å². The van der Waals surface area contributed by atoms with Gasteiger partial charge in [-0.15, -0.1) is 0 Å². The lowest BCUT2D eigenvalue weighted by molar-refractivity contribution is 0.395. The molecule has 14 heavy (non-hydrogen) atoms. The molecule has 1 nitrogen and oxygen atoms in total. The van der Waals surface area contributed by atoms with Crippen molar-refractivity contribution in [2.75, 3.05) is 0 Å². The van der Waals surface area contributed by atoms with E-state index in [2.05, 4.69) is 18.5 Å². The molecule has 1 aliphatic rings. The Morgan fingerprint density at radius 1 is 1.29 bits per heavy atom. The number of rotatable bonds is 3. The molecule has 0 N–H and O–H groups in total. The maximum atomic E-state index is 4.66. The van der Waals surface area contributed by atoms with Crippen molar-refractivity contribution in [2.24, 2.45) is 10.9 Å². The summed E-state index contributed by atoms with van der Waals surface area (Å²) >= 11 is 0. The second-order valence-electron chi connectivity index (χ2n) is 4.47. The van der Waals surface area contributed by atoms with Gasteiger partial charge in [-0.05, 0) is 38.7 Å². The second kappa shape index (κ2) is 6.00. The molecule has 1 atom stereocenters. The molecule has 1 unspecified atom stereocenters. The van der Waals surface area contributed by atoms with Crippen LogP contribution in [0.1, 0.15) is 52.4 Å². The summed E-state index contributed by atoms with van der Waals surface area (Å²) in [7, 11) is 0. The minimum absolute atomic E-state index is 0.492. The summed E-state index contributed by atoms with van der Waals surface area (Å²) in [5.41, 5.74) is 1.08. The summed E-state index contributed by atoms with van der Waals surface area (Å²) in [6, 6.07) is 0.492. The van der Waals surface area contributed by atoms with Crippen LogP contribution in [-0.4, -0.2) is 11.8 Å². The van der Waals surface area contributed by atoms with Crippen LogP contribution in [0.15, 0.2) is 17.6 Å². The first kappa shape index (κ1) is 11.5. The van der Waals surface area contributed by atoms with Crippen molar-refractivity contribution in [3.8, 4) is 0 Å². The van der Waals surface area contributed by atoms with E-state index in [-0.39, 0.29) is 0 Å². The van der Waals surface area contributed by atoms with Gasteiger partial charge in [-0.1, -0.05) is 32.3 Å². The van der Waals surface area contributed by atoms with Crippen LogP contribution < -0.4 is 0 Å². The zero-order chi connectivity index (χ0) is 10.4. The molecule has 0 radical (unpaired) electrons. The van der Waals surface area contributed by atoms with Gasteiger partial charge in [-0.25, -0.2) is 0 Å². The predicted molar refractivity (Wildman–Crippen MR) is 64.0 cm³/mol. The molecule has 0 aromatic rings. The topological polar surface area (TPSA) is 12.4 Å². The van der Waals surface area contributed by atoms with Crippen molar-refractivity contribution in [1.29, 1.82) is 0 Å². The molecule has 0 amide bonds. The molecule has 1 rings (SSSR count). The highest BCUT2D eigenvalue weighted by molar-refractivity contribution is 5.92. The molecular formula is C13H23N. The summed E-state index contributed by atoms with van der Waals surface area (Å²) in [6.45, 7) is 8.04. The van der Waals surface area contributed by atoms with Crippen molar-refractivity contribution in [3.63, 3.8) is 0 Å². The Labute approximate surface area is 88.3 Å². The van der Waals surface area contributed by atoms with E-state index in [0.29, 0.717) is 6.04 Å². The monoisotopic (exact) mass is 193 g/mol. The van der Waals surface area contributed by atoms with Crippen LogP contribution in [-0.2, 0) is 0 Å². The molecular weight excluding hydrogens is 170 g/mol. The van der Waals surface area contributed by atoms with Gasteiger partial charge in [0.15, 0.2) is 0 Å². The largest absolute Gasteiger partial charge is 0.287 e. The Morgan fingerprint density at radius 2 is 1.86 bits per heavy atom. The average Bonchev–Trinajstić information content (AvgIpc) is 2.45. The fraction of sp³-hybridized carbons (Fsp3) is 0.769. The Hall–Kier alpha value is -0.590. The summed E-state index contributed by atoms with van der Waals surface area (Å²) < 4.78 is 0. The number of aliphatic imine (C=N–C) groups is 1. The number of nitrogens with zero attached hydrogens (tertiary/aromatic N) is 1. The van der Waals surface area contributed by atoms with Crippen molar-refractivity contribution in [1.82, 2.24) is 0 Å². The van der Waals surface area contributed by atoms with Crippen LogP contribution >= 0.6 is 0 Å². The Bertz CT molecular complexity index is 197. The van der Waals surface area contributed by atoms with Crippen LogP contribution in [0.2, 0.25) is 0 Å². The molecule has 0 heterocycles. The standard InChI is InChI=1S/C13H23N/c1-4-11(2)14-12(3)13-9-7-5-6-8-10-13/h4,12-13H,1,5-10H2,2-3H3. The highest BCUT2D eigenvalue weighted by Gasteiger charge is 2.17. The van der Waals surface area contributed by atoms with Crippen LogP contribution in [0.5, 0.6) is 0 Å². The maximum Gasteiger partial charge on any atom is 0.0502 e. The van der Waals surface area contributed by atoms with Gasteiger partial charge in [-0.3, -0.25) is 4.99 Å². The molecule has 0 aliphatic heterocycles. The van der Waals surface area contributed by atoms with Gasteiger partial charge < -0.3 is 0 Å². The first-order valence-corrected chi connectivity index (χ1v) is 5.91. The highest BCUT2D eigenvalue weighted by Crippen LogP contribution is 2.26. The van der Waals surface area contributed by atoms with Gasteiger partial charge in [0.05, 0.1) is 6.04 Å². The third-order valence-electron chi connectivity index (χ3n) is 3.28. The zero-order valence-electron chi connectivity index (χ0n) is 9.63. The summed E-state index contributed by atoms with van der Waals surface area (Å²) in [5, 5.41) is 0. The fourth-order valence-corrected chi connectivity index (χ4v) is 2.27. The van der Waals surface area contributed by atoms with E-state index >= 15 is 0 Å². The average molecular weight is 193 g/mol. The van der Waals surface area contributed by atoms with Crippen LogP contribution in [0.4, 0.5) is 0 Å². The molecule has 1 aliphatic carbocycles. The van der Waals surface area contributed by atoms with E-state index in [9.17, 15) is 0 Å². The lowest BCUT2D eigenvalue weighted by atomic mass is 9.93. The van der Waals surface area contributed by atoms with Crippen molar-refractivity contribution in [2.45, 2.75) is 58.4 Å². The zero-order valence-corrected chi connectivity index (χ0v) is 9.63. The van der Waals surface area contributed by atoms with Crippen molar-refractivity contribution >= 4 is 5.71 Å². The lowest BCUT2D eigenvalue weighted by Crippen LogP contribution is -2.15. The van der Waals surface area contributed by atoms with Gasteiger partial charge in [0.25, 0.3) is 0 Å². The first-order valence-electron chi connectivity index (χ1n) is 5.91. The van der Waals surface area contributed by atoms with E-state index in [1.54, 1.807) is 0 Å². The van der Waals surface area contributed by atoms with Crippen LogP contribution in [0.25, 0.3) is 0 Å². The van der Waals surface area contributed by atoms with E-state index in [1.807, 2.05) is 13.0 Å². The Balaban J connectivity index is 2.49. The number of hydrogen-bond donors (Lipinski definition) is 0. The molecule has 0 spiro atoms. The lowest BCUT2D eigenvalue weighted by Gasteiger charge is -2.19. The second-order valence-corrected chi connectivity index (χ2v) is 4.47. The van der Waals surface area contributed by atoms with Crippen LogP contribution in [0.3, 0.4) is 0 Å². The van der Waals surface area contributed by atoms with Crippen molar-refractivity contribution in [3.05, 3.63) is 12.7 Å². The smallest absolute Gasteiger partial charge is 0.0502 e. The third kappa shape index (κ3) is 3.65. The van der Waals surface area contributed by atoms with Gasteiger partial charge >= 0.3 is 0 Å². The molecule has 1 fully saturated rings. The normalized spacial score (nSPS) is 22.9. The predicted octanol–water partition coefficient (Wildman–Crippen LogP) is 3.99. The minimum atomic E-state index is 0.492. The highest BCUT2D eigenvalue weighted by atomic mass is 14.8. The van der Waals surface area contributed by atoms with E-state index < -0.39 is 0 Å². The molecule has 0 bridgehead atoms. The first-order chi connectivity index (χ1) is 6.74. The SMILES string of the molecule is C=CC(C)=NC(C)C1CCCCCC1. The van der Waals surface area contributed by atoms with E-state index in [4.69, 9.17) is 0 Å². The van der Waals surface area contributed by atoms with Crippen molar-refractivity contribution < 1.29 is 0 Å². The summed E-state index contributed by atoms with van der Waals surface area (Å²) in [5.74, 6) is 0.812. The molecule has 80 valence electrons. The Kier molecular flexibility index (Phi) is 4.92. The maximum absolute atomic E-state index is 4.66. The van der Waals surface area contributed by atoms with Gasteiger partial charge in [0.1, 0.15) is 0 Å². The summed E-state index contributed by atoms with van der Waals surface area (Å²) in [4.78, 5) is 4.66. The molecule has 0 aromatic heterocycles. The summed E-state index contributed by atoms with van der Waals surface area (Å²) in [6.07, 6.45) is 10.2. The molecule has 0 aromatic carbocycles. The van der Waals surface area contributed by atoms with E-state index in [1.165, 1.54) is 38.5 Å².